The lowest BCUT2D eigenvalue weighted by molar-refractivity contribution is -0.122. The number of alkyl halides is 2. The van der Waals surface area contributed by atoms with E-state index in [0.717, 1.165) is 6.07 Å². The van der Waals surface area contributed by atoms with Crippen molar-refractivity contribution in [1.82, 2.24) is 0 Å². The molecule has 13 heteroatoms. The van der Waals surface area contributed by atoms with Crippen molar-refractivity contribution >= 4 is 40.7 Å². The van der Waals surface area contributed by atoms with Gasteiger partial charge in [0.05, 0.1) is 14.2 Å². The second kappa shape index (κ2) is 8.91. The molecule has 6 nitrogen and oxygen atoms in total. The zero-order valence-electron chi connectivity index (χ0n) is 19.0. The Balaban J connectivity index is 2.04. The normalized spacial score (nSPS) is 25.2. The largest absolute Gasteiger partial charge is 0.507 e. The fraction of sp³-hybridized carbons (Fsp3) is 0.250. The maximum Gasteiger partial charge on any atom is 0.258 e. The highest BCUT2D eigenvalue weighted by Gasteiger charge is 2.74. The number of nitrogens with zero attached hydrogens (tertiary/aromatic N) is 1. The monoisotopic (exact) mass is 563 g/mol. The van der Waals surface area contributed by atoms with Crippen LogP contribution in [-0.4, -0.2) is 40.9 Å². The van der Waals surface area contributed by atoms with Crippen molar-refractivity contribution in [2.75, 3.05) is 19.1 Å². The number of methoxy groups -OCH3 is 2. The predicted octanol–water partition coefficient (Wildman–Crippen LogP) is 5.23. The highest BCUT2D eigenvalue weighted by Crippen LogP contribution is 2.62. The van der Waals surface area contributed by atoms with Crippen LogP contribution in [0.15, 0.2) is 36.4 Å². The first-order chi connectivity index (χ1) is 17.3. The van der Waals surface area contributed by atoms with Crippen molar-refractivity contribution in [3.8, 4) is 17.2 Å². The summed E-state index contributed by atoms with van der Waals surface area (Å²) in [5.74, 6) is -17.3. The van der Waals surface area contributed by atoms with Gasteiger partial charge in [-0.15, -0.1) is 23.2 Å². The van der Waals surface area contributed by atoms with Crippen LogP contribution < -0.4 is 14.4 Å². The smallest absolute Gasteiger partial charge is 0.258 e. The van der Waals surface area contributed by atoms with E-state index in [1.54, 1.807) is 0 Å². The first-order valence-corrected chi connectivity index (χ1v) is 11.1. The van der Waals surface area contributed by atoms with Crippen LogP contribution in [0.25, 0.3) is 0 Å². The number of ether oxygens (including phenoxy) is 2. The number of phenolic OH excluding ortho intramolecular Hbond substituents is 1. The number of hydrogen-bond acceptors (Lipinski definition) is 5. The molecule has 0 spiro atoms. The number of amides is 2. The van der Waals surface area contributed by atoms with Crippen LogP contribution in [0.2, 0.25) is 0 Å². The average Bonchev–Trinajstić information content (AvgIpc) is 3.03. The molecular formula is C24H16Cl2F5NO5. The number of carbonyl (C=O) groups is 2. The van der Waals surface area contributed by atoms with Gasteiger partial charge >= 0.3 is 0 Å². The molecule has 0 bridgehead atoms. The SMILES string of the molecule is C=CC1=CC[C@@]2(Cl)C(=O)N(c3c(F)c(F)c(F)c(F)c3F)C(=O)[C@@]2(Cl)[C@H]1c1c(O)cc(OC)cc1OC. The summed E-state index contributed by atoms with van der Waals surface area (Å²) in [5, 5.41) is 10.9. The van der Waals surface area contributed by atoms with Gasteiger partial charge in [0.2, 0.25) is 5.82 Å². The van der Waals surface area contributed by atoms with Crippen LogP contribution in [0.1, 0.15) is 17.9 Å². The molecule has 1 aliphatic heterocycles. The predicted molar refractivity (Wildman–Crippen MR) is 123 cm³/mol. The Labute approximate surface area is 216 Å². The van der Waals surface area contributed by atoms with Crippen LogP contribution >= 0.6 is 23.2 Å². The maximum atomic E-state index is 14.7. The van der Waals surface area contributed by atoms with E-state index in [2.05, 4.69) is 6.58 Å². The van der Waals surface area contributed by atoms with E-state index in [9.17, 15) is 36.6 Å². The van der Waals surface area contributed by atoms with Gasteiger partial charge in [0, 0.05) is 23.6 Å². The van der Waals surface area contributed by atoms with Crippen molar-refractivity contribution in [2.24, 2.45) is 0 Å². The zero-order chi connectivity index (χ0) is 27.6. The van der Waals surface area contributed by atoms with Crippen molar-refractivity contribution < 1.29 is 46.1 Å². The van der Waals surface area contributed by atoms with E-state index in [-0.39, 0.29) is 27.5 Å². The van der Waals surface area contributed by atoms with E-state index in [0.29, 0.717) is 0 Å². The first kappa shape index (κ1) is 26.7. The topological polar surface area (TPSA) is 76.1 Å². The van der Waals surface area contributed by atoms with Gasteiger partial charge in [-0.3, -0.25) is 9.59 Å². The number of anilines is 1. The molecule has 1 N–H and O–H groups in total. The van der Waals surface area contributed by atoms with Crippen molar-refractivity contribution in [1.29, 1.82) is 0 Å². The summed E-state index contributed by atoms with van der Waals surface area (Å²) in [4.78, 5) is 21.8. The van der Waals surface area contributed by atoms with Gasteiger partial charge in [0.1, 0.15) is 22.9 Å². The van der Waals surface area contributed by atoms with Crippen LogP contribution in [-0.2, 0) is 9.59 Å². The van der Waals surface area contributed by atoms with Crippen LogP contribution in [0, 0.1) is 29.1 Å². The third-order valence-electron chi connectivity index (χ3n) is 6.47. The molecule has 37 heavy (non-hydrogen) atoms. The number of phenols is 1. The molecule has 1 aliphatic carbocycles. The molecule has 2 amide bonds. The molecule has 0 unspecified atom stereocenters. The molecule has 1 heterocycles. The molecule has 2 aromatic rings. The Morgan fingerprint density at radius 3 is 2.08 bits per heavy atom. The van der Waals surface area contributed by atoms with Gasteiger partial charge in [0.25, 0.3) is 11.8 Å². The molecule has 4 rings (SSSR count). The van der Waals surface area contributed by atoms with Gasteiger partial charge in [-0.05, 0) is 12.0 Å². The number of benzene rings is 2. The Kier molecular flexibility index (Phi) is 6.44. The van der Waals surface area contributed by atoms with E-state index < -0.39 is 74.4 Å². The van der Waals surface area contributed by atoms with Crippen LogP contribution in [0.3, 0.4) is 0 Å². The Morgan fingerprint density at radius 2 is 1.57 bits per heavy atom. The summed E-state index contributed by atoms with van der Waals surface area (Å²) in [6.07, 6.45) is 2.10. The Hall–Kier alpha value is -3.31. The molecule has 196 valence electrons. The summed E-state index contributed by atoms with van der Waals surface area (Å²) >= 11 is 13.4. The number of carbonyl (C=O) groups excluding carboxylic acids is 2. The second-order valence-electron chi connectivity index (χ2n) is 8.19. The van der Waals surface area contributed by atoms with Crippen LogP contribution in [0.5, 0.6) is 17.2 Å². The Morgan fingerprint density at radius 1 is 1.00 bits per heavy atom. The van der Waals surface area contributed by atoms with Gasteiger partial charge in [0.15, 0.2) is 33.0 Å². The third kappa shape index (κ3) is 3.36. The van der Waals surface area contributed by atoms with E-state index in [1.165, 1.54) is 32.4 Å². The number of allylic oxidation sites excluding steroid dienone is 3. The lowest BCUT2D eigenvalue weighted by Crippen LogP contribution is -2.55. The Bertz CT molecular complexity index is 1390. The van der Waals surface area contributed by atoms with Crippen LogP contribution in [0.4, 0.5) is 27.6 Å². The van der Waals surface area contributed by atoms with Gasteiger partial charge < -0.3 is 14.6 Å². The zero-order valence-corrected chi connectivity index (χ0v) is 20.5. The summed E-state index contributed by atoms with van der Waals surface area (Å²) in [5.41, 5.74) is -1.84. The van der Waals surface area contributed by atoms with Crippen molar-refractivity contribution in [3.63, 3.8) is 0 Å². The number of halogens is 7. The molecule has 0 saturated carbocycles. The van der Waals surface area contributed by atoms with E-state index in [4.69, 9.17) is 32.7 Å². The number of hydrogen-bond donors (Lipinski definition) is 1. The van der Waals surface area contributed by atoms with Gasteiger partial charge in [-0.25, -0.2) is 26.9 Å². The minimum atomic E-state index is -2.65. The average molecular weight is 564 g/mol. The van der Waals surface area contributed by atoms with Crippen molar-refractivity contribution in [3.05, 3.63) is 71.1 Å². The van der Waals surface area contributed by atoms with Gasteiger partial charge in [-0.1, -0.05) is 18.7 Å². The number of aromatic hydroxyl groups is 1. The molecule has 0 radical (unpaired) electrons. The summed E-state index contributed by atoms with van der Waals surface area (Å²) in [6.45, 7) is 3.64. The van der Waals surface area contributed by atoms with E-state index >= 15 is 0 Å². The molecule has 3 atom stereocenters. The highest BCUT2D eigenvalue weighted by atomic mass is 35.5. The third-order valence-corrected chi connectivity index (χ3v) is 7.88. The van der Waals surface area contributed by atoms with Gasteiger partial charge in [-0.2, -0.15) is 0 Å². The summed E-state index contributed by atoms with van der Waals surface area (Å²) in [7, 11) is 2.52. The summed E-state index contributed by atoms with van der Waals surface area (Å²) in [6, 6.07) is 2.47. The van der Waals surface area contributed by atoms with Crippen molar-refractivity contribution in [2.45, 2.75) is 22.1 Å². The minimum Gasteiger partial charge on any atom is -0.507 e. The fourth-order valence-electron chi connectivity index (χ4n) is 4.68. The maximum absolute atomic E-state index is 14.7. The lowest BCUT2D eigenvalue weighted by Gasteiger charge is -2.42. The number of imide groups is 1. The first-order valence-electron chi connectivity index (χ1n) is 10.4. The molecule has 0 aromatic heterocycles. The fourth-order valence-corrected chi connectivity index (χ4v) is 5.50. The molecule has 1 saturated heterocycles. The molecule has 1 fully saturated rings. The number of fused-ring (bicyclic) bond motifs is 1. The lowest BCUT2D eigenvalue weighted by atomic mass is 9.68. The standard InChI is InChI=1S/C24H16Cl2F5NO5/c1-4-9-5-6-23(25)21(34)32(20-18(30)16(28)15(27)17(29)19(20)31)22(35)24(23,26)14(9)13-11(33)7-10(36-2)8-12(13)37-3/h4-5,7-8,14,33H,1,6H2,2-3H3/t14-,23-,24+/m1/s1. The number of rotatable bonds is 5. The molecule has 2 aliphatic rings. The molecule has 2 aromatic carbocycles. The summed E-state index contributed by atoms with van der Waals surface area (Å²) < 4.78 is 81.5. The minimum absolute atomic E-state index is 0.0783. The molecular weight excluding hydrogens is 548 g/mol. The quantitative estimate of drug-likeness (QED) is 0.177. The van der Waals surface area contributed by atoms with E-state index in [1.807, 2.05) is 0 Å². The second-order valence-corrected chi connectivity index (χ2v) is 9.43. The highest BCUT2D eigenvalue weighted by molar-refractivity contribution is 6.58.